The van der Waals surface area contributed by atoms with Gasteiger partial charge in [-0.1, -0.05) is 26.8 Å². The van der Waals surface area contributed by atoms with Crippen LogP contribution < -0.4 is 16.0 Å². The lowest BCUT2D eigenvalue weighted by Crippen LogP contribution is -2.43. The Hall–Kier alpha value is -2.11. The molecule has 0 saturated heterocycles. The Bertz CT molecular complexity index is 594. The number of nitrogens with zero attached hydrogens (tertiary/aromatic N) is 1. The number of benzene rings is 1. The van der Waals surface area contributed by atoms with Gasteiger partial charge < -0.3 is 16.0 Å². The average molecular weight is 350 g/mol. The van der Waals surface area contributed by atoms with Crippen LogP contribution in [-0.4, -0.2) is 38.0 Å². The molecule has 0 aliphatic heterocycles. The summed E-state index contributed by atoms with van der Waals surface area (Å²) in [6.07, 6.45) is 0.753. The zero-order valence-corrected chi connectivity index (χ0v) is 16.0. The summed E-state index contributed by atoms with van der Waals surface area (Å²) in [6.45, 7) is 12.1. The molecule has 1 rings (SSSR count). The number of amides is 1. The fraction of sp³-hybridized carbons (Fsp3) is 0.579. The second-order valence-electron chi connectivity index (χ2n) is 7.01. The van der Waals surface area contributed by atoms with E-state index in [9.17, 15) is 9.18 Å². The summed E-state index contributed by atoms with van der Waals surface area (Å²) in [6, 6.07) is 4.83. The van der Waals surface area contributed by atoms with Crippen molar-refractivity contribution in [2.75, 3.05) is 26.2 Å². The fourth-order valence-corrected chi connectivity index (χ4v) is 2.19. The van der Waals surface area contributed by atoms with Gasteiger partial charge >= 0.3 is 0 Å². The molecule has 0 saturated carbocycles. The van der Waals surface area contributed by atoms with Crippen LogP contribution >= 0.6 is 0 Å². The van der Waals surface area contributed by atoms with E-state index in [1.54, 1.807) is 6.07 Å². The van der Waals surface area contributed by atoms with E-state index in [1.165, 1.54) is 6.07 Å². The molecule has 5 nitrogen and oxygen atoms in total. The first-order chi connectivity index (χ1) is 11.7. The van der Waals surface area contributed by atoms with Crippen molar-refractivity contribution >= 4 is 11.9 Å². The van der Waals surface area contributed by atoms with Crippen LogP contribution in [0.25, 0.3) is 0 Å². The maximum absolute atomic E-state index is 13.1. The van der Waals surface area contributed by atoms with Crippen LogP contribution in [0.5, 0.6) is 0 Å². The van der Waals surface area contributed by atoms with Crippen molar-refractivity contribution in [2.45, 2.75) is 41.0 Å². The van der Waals surface area contributed by atoms with Gasteiger partial charge in [-0.05, 0) is 43.5 Å². The molecule has 0 aromatic heterocycles. The van der Waals surface area contributed by atoms with Crippen LogP contribution in [0, 0.1) is 18.2 Å². The Morgan fingerprint density at radius 1 is 1.16 bits per heavy atom. The molecule has 140 valence electrons. The van der Waals surface area contributed by atoms with Gasteiger partial charge in [0.2, 0.25) is 5.91 Å². The van der Waals surface area contributed by atoms with Gasteiger partial charge in [0.05, 0.1) is 0 Å². The van der Waals surface area contributed by atoms with Crippen molar-refractivity contribution in [1.29, 1.82) is 0 Å². The summed E-state index contributed by atoms with van der Waals surface area (Å²) in [5.41, 5.74) is 1.66. The molecule has 1 aromatic carbocycles. The number of halogens is 1. The molecule has 0 spiro atoms. The summed E-state index contributed by atoms with van der Waals surface area (Å²) >= 11 is 0. The number of carbonyl (C=O) groups excluding carboxylic acids is 1. The van der Waals surface area contributed by atoms with E-state index in [2.05, 4.69) is 20.9 Å². The van der Waals surface area contributed by atoms with E-state index in [1.807, 2.05) is 40.7 Å². The van der Waals surface area contributed by atoms with Crippen molar-refractivity contribution in [3.63, 3.8) is 0 Å². The molecular formula is C19H31FN4O. The van der Waals surface area contributed by atoms with Crippen LogP contribution in [0.4, 0.5) is 4.39 Å². The van der Waals surface area contributed by atoms with Crippen LogP contribution in [-0.2, 0) is 11.2 Å². The van der Waals surface area contributed by atoms with Gasteiger partial charge in [-0.2, -0.15) is 0 Å². The molecular weight excluding hydrogens is 319 g/mol. The molecule has 0 bridgehead atoms. The van der Waals surface area contributed by atoms with E-state index in [4.69, 9.17) is 0 Å². The quantitative estimate of drug-likeness (QED) is 0.402. The minimum absolute atomic E-state index is 0.0306. The third-order valence-corrected chi connectivity index (χ3v) is 3.68. The minimum atomic E-state index is -0.383. The highest BCUT2D eigenvalue weighted by Gasteiger charge is 2.20. The second-order valence-corrected chi connectivity index (χ2v) is 7.01. The molecule has 6 heteroatoms. The lowest BCUT2D eigenvalue weighted by molar-refractivity contribution is -0.128. The van der Waals surface area contributed by atoms with Gasteiger partial charge in [0.15, 0.2) is 5.96 Å². The molecule has 0 aliphatic rings. The molecule has 0 fully saturated rings. The van der Waals surface area contributed by atoms with Crippen molar-refractivity contribution in [2.24, 2.45) is 10.4 Å². The zero-order chi connectivity index (χ0) is 18.9. The Kier molecular flexibility index (Phi) is 8.38. The van der Waals surface area contributed by atoms with Crippen LogP contribution in [0.2, 0.25) is 0 Å². The summed E-state index contributed by atoms with van der Waals surface area (Å²) in [4.78, 5) is 16.3. The first kappa shape index (κ1) is 20.9. The number of guanidine groups is 1. The molecule has 1 amide bonds. The van der Waals surface area contributed by atoms with Crippen molar-refractivity contribution in [3.8, 4) is 0 Å². The van der Waals surface area contributed by atoms with Crippen LogP contribution in [0.15, 0.2) is 23.2 Å². The highest BCUT2D eigenvalue weighted by atomic mass is 19.1. The van der Waals surface area contributed by atoms with E-state index in [-0.39, 0.29) is 17.1 Å². The van der Waals surface area contributed by atoms with E-state index in [0.717, 1.165) is 24.1 Å². The van der Waals surface area contributed by atoms with E-state index < -0.39 is 0 Å². The first-order valence-electron chi connectivity index (χ1n) is 8.79. The zero-order valence-electron chi connectivity index (χ0n) is 16.0. The second kappa shape index (κ2) is 10.0. The van der Waals surface area contributed by atoms with Crippen LogP contribution in [0.3, 0.4) is 0 Å². The smallest absolute Gasteiger partial charge is 0.225 e. The molecule has 0 atom stereocenters. The normalized spacial score (nSPS) is 12.0. The lowest BCUT2D eigenvalue weighted by Gasteiger charge is -2.18. The Labute approximate surface area is 150 Å². The highest BCUT2D eigenvalue weighted by molar-refractivity contribution is 5.81. The van der Waals surface area contributed by atoms with Crippen molar-refractivity contribution in [1.82, 2.24) is 16.0 Å². The third-order valence-electron chi connectivity index (χ3n) is 3.68. The predicted octanol–water partition coefficient (Wildman–Crippen LogP) is 2.39. The van der Waals surface area contributed by atoms with E-state index >= 15 is 0 Å². The predicted molar refractivity (Wildman–Crippen MR) is 101 cm³/mol. The standard InChI is InChI=1S/C19H31FN4O/c1-6-21-18(24-12-11-22-17(25)19(3,4)5)23-10-9-15-7-8-16(20)13-14(15)2/h7-8,13H,6,9-12H2,1-5H3,(H,22,25)(H2,21,23,24). The summed E-state index contributed by atoms with van der Waals surface area (Å²) < 4.78 is 13.1. The third kappa shape index (κ3) is 8.01. The molecule has 3 N–H and O–H groups in total. The van der Waals surface area contributed by atoms with Gasteiger partial charge in [-0.15, -0.1) is 0 Å². The van der Waals surface area contributed by atoms with Gasteiger partial charge in [0.1, 0.15) is 5.82 Å². The summed E-state index contributed by atoms with van der Waals surface area (Å²) in [5, 5.41) is 9.27. The van der Waals surface area contributed by atoms with Crippen molar-refractivity contribution < 1.29 is 9.18 Å². The fourth-order valence-electron chi connectivity index (χ4n) is 2.19. The number of nitrogens with one attached hydrogen (secondary N) is 3. The van der Waals surface area contributed by atoms with Gasteiger partial charge in [-0.25, -0.2) is 4.39 Å². The monoisotopic (exact) mass is 350 g/mol. The molecule has 25 heavy (non-hydrogen) atoms. The number of aryl methyl sites for hydroxylation is 1. The molecule has 0 heterocycles. The van der Waals surface area contributed by atoms with Gasteiger partial charge in [0, 0.05) is 31.6 Å². The maximum atomic E-state index is 13.1. The molecule has 0 aliphatic carbocycles. The Morgan fingerprint density at radius 3 is 2.44 bits per heavy atom. The lowest BCUT2D eigenvalue weighted by atomic mass is 9.96. The van der Waals surface area contributed by atoms with E-state index in [0.29, 0.717) is 25.6 Å². The van der Waals surface area contributed by atoms with Gasteiger partial charge in [-0.3, -0.25) is 9.79 Å². The SMILES string of the molecule is CCNC(=NCCc1ccc(F)cc1C)NCCNC(=O)C(C)(C)C. The first-order valence-corrected chi connectivity index (χ1v) is 8.79. The largest absolute Gasteiger partial charge is 0.357 e. The highest BCUT2D eigenvalue weighted by Crippen LogP contribution is 2.12. The van der Waals surface area contributed by atoms with Gasteiger partial charge in [0.25, 0.3) is 0 Å². The molecule has 0 unspecified atom stereocenters. The number of aliphatic imine (C=N–C) groups is 1. The maximum Gasteiger partial charge on any atom is 0.225 e. The summed E-state index contributed by atoms with van der Waals surface area (Å²) in [7, 11) is 0. The molecule has 1 aromatic rings. The summed E-state index contributed by atoms with van der Waals surface area (Å²) in [5.74, 6) is 0.535. The number of rotatable bonds is 7. The minimum Gasteiger partial charge on any atom is -0.357 e. The average Bonchev–Trinajstić information content (AvgIpc) is 2.52. The van der Waals surface area contributed by atoms with Crippen molar-refractivity contribution in [3.05, 3.63) is 35.1 Å². The number of hydrogen-bond acceptors (Lipinski definition) is 2. The molecule has 0 radical (unpaired) electrons. The van der Waals surface area contributed by atoms with Crippen LogP contribution in [0.1, 0.15) is 38.8 Å². The topological polar surface area (TPSA) is 65.5 Å². The Morgan fingerprint density at radius 2 is 1.84 bits per heavy atom. The Balaban J connectivity index is 2.44. The number of carbonyl (C=O) groups is 1. The number of hydrogen-bond donors (Lipinski definition) is 3.